The molecule has 0 saturated heterocycles. The van der Waals surface area contributed by atoms with Crippen LogP contribution in [0.3, 0.4) is 0 Å². The van der Waals surface area contributed by atoms with E-state index in [9.17, 15) is 8.76 Å². The summed E-state index contributed by atoms with van der Waals surface area (Å²) in [5, 5.41) is 0. The average Bonchev–Trinajstić information content (AvgIpc) is 1.61. The molecule has 0 N–H and O–H groups in total. The van der Waals surface area contributed by atoms with Crippen LogP contribution in [0.4, 0.5) is 0 Å². The molecule has 0 amide bonds. The summed E-state index contributed by atoms with van der Waals surface area (Å²) in [4.78, 5) is 0. The Morgan fingerprint density at radius 2 is 2.12 bits per heavy atom. The molecule has 4 heteroatoms. The second kappa shape index (κ2) is 8.75. The molecule has 0 aliphatic carbocycles. The Morgan fingerprint density at radius 3 is 2.25 bits per heavy atom. The minimum absolute atomic E-state index is 0. The van der Waals surface area contributed by atoms with Gasteiger partial charge >= 0.3 is 51.4 Å². The molecule has 0 spiro atoms. The molecule has 0 saturated carbocycles. The summed E-state index contributed by atoms with van der Waals surface area (Å²) >= 11 is -1.82. The first-order valence-corrected chi connectivity index (χ1v) is 3.57. The van der Waals surface area contributed by atoms with E-state index in [-0.39, 0.29) is 51.4 Å². The van der Waals surface area contributed by atoms with Gasteiger partial charge in [0, 0.05) is 5.75 Å². The summed E-state index contributed by atoms with van der Waals surface area (Å²) in [6, 6.07) is 0. The van der Waals surface area contributed by atoms with Gasteiger partial charge in [-0.1, -0.05) is 24.4 Å². The van der Waals surface area contributed by atoms with E-state index in [1.165, 1.54) is 0 Å². The van der Waals surface area contributed by atoms with Gasteiger partial charge in [0.15, 0.2) is 0 Å². The Hall–Kier alpha value is 1.75. The fourth-order valence-electron chi connectivity index (χ4n) is 0.262. The average molecular weight is 160 g/mol. The molecule has 8 heavy (non-hydrogen) atoms. The van der Waals surface area contributed by atoms with Gasteiger partial charge in [-0.25, -0.2) is 0 Å². The van der Waals surface area contributed by atoms with Crippen molar-refractivity contribution in [1.82, 2.24) is 0 Å². The molecule has 0 bridgehead atoms. The Morgan fingerprint density at radius 1 is 1.62 bits per heavy atom. The summed E-state index contributed by atoms with van der Waals surface area (Å²) < 4.78 is 19.5. The zero-order valence-electron chi connectivity index (χ0n) is 5.35. The Labute approximate surface area is 95.1 Å². The monoisotopic (exact) mass is 160 g/mol. The quantitative estimate of drug-likeness (QED) is 0.343. The molecule has 1 atom stereocenters. The molecule has 44 valence electrons. The van der Waals surface area contributed by atoms with E-state index < -0.39 is 11.1 Å². The van der Waals surface area contributed by atoms with E-state index in [0.29, 0.717) is 5.75 Å². The summed E-state index contributed by atoms with van der Waals surface area (Å²) in [7, 11) is 0. The zero-order chi connectivity index (χ0) is 5.70. The van der Waals surface area contributed by atoms with E-state index in [1.807, 2.05) is 6.92 Å². The van der Waals surface area contributed by atoms with Crippen molar-refractivity contribution in [2.75, 3.05) is 5.75 Å². The summed E-state index contributed by atoms with van der Waals surface area (Å²) in [5.74, 6) is 0.316. The van der Waals surface area contributed by atoms with Gasteiger partial charge in [0.2, 0.25) is 0 Å². The number of hydrogen-bond donors (Lipinski definition) is 0. The Balaban J connectivity index is 0. The van der Waals surface area contributed by atoms with E-state index in [1.54, 1.807) is 0 Å². The van der Waals surface area contributed by atoms with Gasteiger partial charge in [0.25, 0.3) is 0 Å². The van der Waals surface area contributed by atoms with Crippen LogP contribution in [-0.4, -0.2) is 14.5 Å². The van der Waals surface area contributed by atoms with Crippen molar-refractivity contribution in [1.29, 1.82) is 0 Å². The maximum Gasteiger partial charge on any atom is 1.00 e. The molecule has 2 nitrogen and oxygen atoms in total. The molecule has 0 aromatic carbocycles. The topological polar surface area (TPSA) is 40.1 Å². The number of unbranched alkanes of at least 4 members (excludes halogenated alkanes) is 1. The fourth-order valence-corrected chi connectivity index (χ4v) is 0.787. The van der Waals surface area contributed by atoms with E-state index in [4.69, 9.17) is 0 Å². The van der Waals surface area contributed by atoms with Crippen molar-refractivity contribution in [3.63, 3.8) is 0 Å². The number of hydrogen-bond acceptors (Lipinski definition) is 2. The van der Waals surface area contributed by atoms with Gasteiger partial charge < -0.3 is 4.55 Å². The van der Waals surface area contributed by atoms with Crippen molar-refractivity contribution < 1.29 is 60.1 Å². The third kappa shape index (κ3) is 10.7. The third-order valence-electron chi connectivity index (χ3n) is 0.665. The van der Waals surface area contributed by atoms with Crippen molar-refractivity contribution >= 4 is 11.1 Å². The predicted molar refractivity (Wildman–Crippen MR) is 28.7 cm³/mol. The minimum Gasteiger partial charge on any atom is -0.772 e. The van der Waals surface area contributed by atoms with Crippen LogP contribution in [0.2, 0.25) is 0 Å². The fraction of sp³-hybridized carbons (Fsp3) is 1.00. The molecule has 0 aliphatic rings. The van der Waals surface area contributed by atoms with Crippen molar-refractivity contribution in [3.05, 3.63) is 0 Å². The molecule has 0 aromatic heterocycles. The van der Waals surface area contributed by atoms with Crippen molar-refractivity contribution in [2.45, 2.75) is 19.8 Å². The molecule has 0 aliphatic heterocycles. The van der Waals surface area contributed by atoms with Crippen LogP contribution in [0.15, 0.2) is 0 Å². The van der Waals surface area contributed by atoms with Gasteiger partial charge in [-0.3, -0.25) is 4.21 Å². The van der Waals surface area contributed by atoms with Crippen LogP contribution in [0.25, 0.3) is 0 Å². The molecule has 1 unspecified atom stereocenters. The first-order chi connectivity index (χ1) is 3.27. The van der Waals surface area contributed by atoms with Crippen LogP contribution in [-0.2, 0) is 11.1 Å². The van der Waals surface area contributed by atoms with Crippen LogP contribution in [0.1, 0.15) is 19.8 Å². The third-order valence-corrected chi connectivity index (χ3v) is 1.29. The van der Waals surface area contributed by atoms with Gasteiger partial charge in [0.1, 0.15) is 0 Å². The number of rotatable bonds is 3. The molecular weight excluding hydrogens is 151 g/mol. The minimum atomic E-state index is -1.82. The first-order valence-electron chi connectivity index (χ1n) is 2.33. The van der Waals surface area contributed by atoms with E-state index in [0.717, 1.165) is 12.8 Å². The summed E-state index contributed by atoms with van der Waals surface area (Å²) in [6.45, 7) is 1.97. The molecule has 0 rings (SSSR count). The SMILES string of the molecule is CCCCS(=O)[O-].[K+]. The molecule has 0 radical (unpaired) electrons. The predicted octanol–water partition coefficient (Wildman–Crippen LogP) is -2.33. The van der Waals surface area contributed by atoms with Gasteiger partial charge in [-0.2, -0.15) is 0 Å². The van der Waals surface area contributed by atoms with Crippen LogP contribution in [0, 0.1) is 0 Å². The van der Waals surface area contributed by atoms with Crippen LogP contribution < -0.4 is 51.4 Å². The summed E-state index contributed by atoms with van der Waals surface area (Å²) in [6.07, 6.45) is 1.74. The zero-order valence-corrected chi connectivity index (χ0v) is 9.29. The second-order valence-corrected chi connectivity index (χ2v) is 2.38. The largest absolute Gasteiger partial charge is 1.00 e. The maximum absolute atomic E-state index is 9.76. The second-order valence-electron chi connectivity index (χ2n) is 1.36. The van der Waals surface area contributed by atoms with E-state index in [2.05, 4.69) is 0 Å². The standard InChI is InChI=1S/C4H10O2S.K/c1-2-3-4-7(5)6;/h2-4H2,1H3,(H,5,6);/q;+1/p-1. The van der Waals surface area contributed by atoms with Crippen LogP contribution >= 0.6 is 0 Å². The van der Waals surface area contributed by atoms with Crippen LogP contribution in [0.5, 0.6) is 0 Å². The van der Waals surface area contributed by atoms with Gasteiger partial charge in [-0.15, -0.1) is 0 Å². The normalized spacial score (nSPS) is 12.2. The Bertz CT molecular complexity index is 67.1. The van der Waals surface area contributed by atoms with Crippen molar-refractivity contribution in [2.24, 2.45) is 0 Å². The van der Waals surface area contributed by atoms with Gasteiger partial charge in [-0.05, 0) is 6.42 Å². The summed E-state index contributed by atoms with van der Waals surface area (Å²) in [5.41, 5.74) is 0. The van der Waals surface area contributed by atoms with E-state index >= 15 is 0 Å². The smallest absolute Gasteiger partial charge is 0.772 e. The maximum atomic E-state index is 9.76. The van der Waals surface area contributed by atoms with Crippen molar-refractivity contribution in [3.8, 4) is 0 Å². The first kappa shape index (κ1) is 12.4. The molecule has 0 fully saturated rings. The Kier molecular flexibility index (Phi) is 13.6. The van der Waals surface area contributed by atoms with Gasteiger partial charge in [0.05, 0.1) is 0 Å². The molecule has 0 aromatic rings. The molecular formula is C4H9KO2S. The molecule has 0 heterocycles.